The Morgan fingerprint density at radius 2 is 2.10 bits per heavy atom. The minimum atomic E-state index is 0.815. The highest BCUT2D eigenvalue weighted by molar-refractivity contribution is 5.40. The summed E-state index contributed by atoms with van der Waals surface area (Å²) in [7, 11) is 0. The van der Waals surface area contributed by atoms with Crippen LogP contribution in [-0.4, -0.2) is 26.2 Å². The SMILES string of the molecule is CCCN(Cc1cccc(N)c1)Cc1ncnn1CC. The Hall–Kier alpha value is -1.88. The molecule has 0 unspecified atom stereocenters. The van der Waals surface area contributed by atoms with Gasteiger partial charge in [-0.25, -0.2) is 9.67 Å². The van der Waals surface area contributed by atoms with E-state index in [1.54, 1.807) is 6.33 Å². The molecular weight excluding hydrogens is 250 g/mol. The molecule has 5 nitrogen and oxygen atoms in total. The van der Waals surface area contributed by atoms with Gasteiger partial charge in [0, 0.05) is 18.8 Å². The van der Waals surface area contributed by atoms with Crippen molar-refractivity contribution in [1.82, 2.24) is 19.7 Å². The summed E-state index contributed by atoms with van der Waals surface area (Å²) in [4.78, 5) is 6.73. The van der Waals surface area contributed by atoms with Crippen LogP contribution in [-0.2, 0) is 19.6 Å². The van der Waals surface area contributed by atoms with Crippen LogP contribution in [0.15, 0.2) is 30.6 Å². The first kappa shape index (κ1) is 14.5. The molecule has 0 atom stereocenters. The predicted molar refractivity (Wildman–Crippen MR) is 81.0 cm³/mol. The maximum absolute atomic E-state index is 5.84. The molecular formula is C15H23N5. The molecule has 0 bridgehead atoms. The zero-order valence-corrected chi connectivity index (χ0v) is 12.3. The normalized spacial score (nSPS) is 11.2. The number of aromatic nitrogens is 3. The van der Waals surface area contributed by atoms with Gasteiger partial charge in [-0.15, -0.1) is 0 Å². The van der Waals surface area contributed by atoms with E-state index in [2.05, 4.69) is 34.9 Å². The van der Waals surface area contributed by atoms with E-state index in [1.807, 2.05) is 22.9 Å². The molecule has 1 aromatic carbocycles. The van der Waals surface area contributed by atoms with E-state index in [-0.39, 0.29) is 0 Å². The molecule has 0 saturated heterocycles. The van der Waals surface area contributed by atoms with E-state index in [0.29, 0.717) is 0 Å². The molecule has 1 heterocycles. The number of aryl methyl sites for hydroxylation is 1. The molecule has 2 N–H and O–H groups in total. The van der Waals surface area contributed by atoms with E-state index in [4.69, 9.17) is 5.73 Å². The van der Waals surface area contributed by atoms with Crippen molar-refractivity contribution in [2.45, 2.75) is 39.9 Å². The van der Waals surface area contributed by atoms with E-state index < -0.39 is 0 Å². The smallest absolute Gasteiger partial charge is 0.141 e. The molecule has 0 fully saturated rings. The van der Waals surface area contributed by atoms with Crippen LogP contribution in [0.4, 0.5) is 5.69 Å². The summed E-state index contributed by atoms with van der Waals surface area (Å²) in [6, 6.07) is 8.07. The van der Waals surface area contributed by atoms with Crippen molar-refractivity contribution in [3.8, 4) is 0 Å². The Balaban J connectivity index is 2.07. The summed E-state index contributed by atoms with van der Waals surface area (Å²) in [6.07, 6.45) is 2.74. The van der Waals surface area contributed by atoms with Gasteiger partial charge in [0.05, 0.1) is 6.54 Å². The van der Waals surface area contributed by atoms with Gasteiger partial charge in [0.25, 0.3) is 0 Å². The first-order chi connectivity index (χ1) is 9.72. The minimum absolute atomic E-state index is 0.815. The summed E-state index contributed by atoms with van der Waals surface area (Å²) >= 11 is 0. The second kappa shape index (κ2) is 7.05. The minimum Gasteiger partial charge on any atom is -0.399 e. The van der Waals surface area contributed by atoms with Gasteiger partial charge < -0.3 is 5.73 Å². The number of nitrogens with zero attached hydrogens (tertiary/aromatic N) is 4. The predicted octanol–water partition coefficient (Wildman–Crippen LogP) is 2.29. The lowest BCUT2D eigenvalue weighted by molar-refractivity contribution is 0.246. The van der Waals surface area contributed by atoms with Crippen LogP contribution in [0.5, 0.6) is 0 Å². The van der Waals surface area contributed by atoms with Gasteiger partial charge in [0.2, 0.25) is 0 Å². The lowest BCUT2D eigenvalue weighted by atomic mass is 10.2. The number of anilines is 1. The van der Waals surface area contributed by atoms with Gasteiger partial charge in [-0.3, -0.25) is 4.90 Å². The molecule has 1 aromatic heterocycles. The fourth-order valence-electron chi connectivity index (χ4n) is 2.35. The third kappa shape index (κ3) is 3.81. The van der Waals surface area contributed by atoms with E-state index >= 15 is 0 Å². The first-order valence-corrected chi connectivity index (χ1v) is 7.16. The van der Waals surface area contributed by atoms with E-state index in [1.165, 1.54) is 5.56 Å². The summed E-state index contributed by atoms with van der Waals surface area (Å²) in [6.45, 7) is 7.86. The molecule has 20 heavy (non-hydrogen) atoms. The number of hydrogen-bond donors (Lipinski definition) is 1. The Labute approximate surface area is 120 Å². The van der Waals surface area contributed by atoms with Gasteiger partial charge in [0.15, 0.2) is 0 Å². The van der Waals surface area contributed by atoms with E-state index in [0.717, 1.165) is 44.1 Å². The van der Waals surface area contributed by atoms with Crippen molar-refractivity contribution < 1.29 is 0 Å². The van der Waals surface area contributed by atoms with Crippen molar-refractivity contribution in [1.29, 1.82) is 0 Å². The maximum atomic E-state index is 5.84. The molecule has 108 valence electrons. The van der Waals surface area contributed by atoms with Crippen LogP contribution in [0.1, 0.15) is 31.7 Å². The van der Waals surface area contributed by atoms with Crippen molar-refractivity contribution >= 4 is 5.69 Å². The number of nitrogens with two attached hydrogens (primary N) is 1. The molecule has 5 heteroatoms. The van der Waals surface area contributed by atoms with Crippen molar-refractivity contribution in [2.24, 2.45) is 0 Å². The Kier molecular flexibility index (Phi) is 5.12. The van der Waals surface area contributed by atoms with Gasteiger partial charge in [-0.1, -0.05) is 19.1 Å². The molecule has 0 aliphatic carbocycles. The molecule has 0 amide bonds. The average Bonchev–Trinajstić information content (AvgIpc) is 2.86. The molecule has 0 saturated carbocycles. The number of hydrogen-bond acceptors (Lipinski definition) is 4. The molecule has 0 aliphatic heterocycles. The van der Waals surface area contributed by atoms with Crippen LogP contribution in [0.25, 0.3) is 0 Å². The highest BCUT2D eigenvalue weighted by Crippen LogP contribution is 2.12. The third-order valence-electron chi connectivity index (χ3n) is 3.26. The van der Waals surface area contributed by atoms with E-state index in [9.17, 15) is 0 Å². The Morgan fingerprint density at radius 1 is 1.25 bits per heavy atom. The summed E-state index contributed by atoms with van der Waals surface area (Å²) in [5.74, 6) is 1.02. The summed E-state index contributed by atoms with van der Waals surface area (Å²) < 4.78 is 1.95. The number of rotatable bonds is 7. The zero-order valence-electron chi connectivity index (χ0n) is 12.3. The van der Waals surface area contributed by atoms with Crippen molar-refractivity contribution in [2.75, 3.05) is 12.3 Å². The highest BCUT2D eigenvalue weighted by Gasteiger charge is 2.10. The number of nitrogen functional groups attached to an aromatic ring is 1. The second-order valence-electron chi connectivity index (χ2n) is 4.95. The summed E-state index contributed by atoms with van der Waals surface area (Å²) in [5, 5.41) is 4.23. The first-order valence-electron chi connectivity index (χ1n) is 7.16. The zero-order chi connectivity index (χ0) is 14.4. The monoisotopic (exact) mass is 273 g/mol. The maximum Gasteiger partial charge on any atom is 0.141 e. The molecule has 0 spiro atoms. The highest BCUT2D eigenvalue weighted by atomic mass is 15.3. The molecule has 2 aromatic rings. The lowest BCUT2D eigenvalue weighted by Gasteiger charge is -2.21. The number of benzene rings is 1. The molecule has 0 radical (unpaired) electrons. The fourth-order valence-corrected chi connectivity index (χ4v) is 2.35. The van der Waals surface area contributed by atoms with Gasteiger partial charge in [-0.05, 0) is 37.6 Å². The Morgan fingerprint density at radius 3 is 2.80 bits per heavy atom. The lowest BCUT2D eigenvalue weighted by Crippen LogP contribution is -2.25. The molecule has 2 rings (SSSR count). The Bertz CT molecular complexity index is 535. The van der Waals surface area contributed by atoms with Crippen LogP contribution in [0.3, 0.4) is 0 Å². The van der Waals surface area contributed by atoms with Crippen LogP contribution < -0.4 is 5.73 Å². The van der Waals surface area contributed by atoms with Gasteiger partial charge >= 0.3 is 0 Å². The standard InChI is InChI=1S/C15H23N5/c1-3-8-19(10-13-6-5-7-14(16)9-13)11-15-17-12-18-20(15)4-2/h5-7,9,12H,3-4,8,10-11,16H2,1-2H3. The van der Waals surface area contributed by atoms with Gasteiger partial charge in [-0.2, -0.15) is 5.10 Å². The topological polar surface area (TPSA) is 60.0 Å². The van der Waals surface area contributed by atoms with Crippen molar-refractivity contribution in [3.63, 3.8) is 0 Å². The van der Waals surface area contributed by atoms with Crippen LogP contribution >= 0.6 is 0 Å². The fraction of sp³-hybridized carbons (Fsp3) is 0.467. The average molecular weight is 273 g/mol. The van der Waals surface area contributed by atoms with Crippen LogP contribution in [0.2, 0.25) is 0 Å². The van der Waals surface area contributed by atoms with Crippen molar-refractivity contribution in [3.05, 3.63) is 42.0 Å². The second-order valence-corrected chi connectivity index (χ2v) is 4.95. The quantitative estimate of drug-likeness (QED) is 0.786. The van der Waals surface area contributed by atoms with Crippen LogP contribution in [0, 0.1) is 0 Å². The third-order valence-corrected chi connectivity index (χ3v) is 3.26. The van der Waals surface area contributed by atoms with Gasteiger partial charge in [0.1, 0.15) is 12.2 Å². The molecule has 0 aliphatic rings. The summed E-state index contributed by atoms with van der Waals surface area (Å²) in [5.41, 5.74) is 7.90. The largest absolute Gasteiger partial charge is 0.399 e.